The number of hydrogen-bond acceptors (Lipinski definition) is 4. The average molecular weight is 450 g/mol. The molecule has 12 heteroatoms. The summed E-state index contributed by atoms with van der Waals surface area (Å²) in [5.41, 5.74) is -0.709. The molecular weight excluding hydrogens is 438 g/mol. The number of hydrogen-bond donors (Lipinski definition) is 2. The average Bonchev–Trinajstić information content (AvgIpc) is 2.61. The summed E-state index contributed by atoms with van der Waals surface area (Å²) < 4.78 is 78.5. The Balaban J connectivity index is 1.61. The number of anilines is 2. The van der Waals surface area contributed by atoms with E-state index in [4.69, 9.17) is 0 Å². The predicted molar refractivity (Wildman–Crippen MR) is 96.1 cm³/mol. The number of benzene rings is 2. The van der Waals surface area contributed by atoms with Crippen LogP contribution in [0.25, 0.3) is 0 Å². The van der Waals surface area contributed by atoms with Gasteiger partial charge in [-0.3, -0.25) is 9.59 Å². The Morgan fingerprint density at radius 3 is 2.33 bits per heavy atom. The lowest BCUT2D eigenvalue weighted by Crippen LogP contribution is -2.32. The van der Waals surface area contributed by atoms with Gasteiger partial charge in [0.05, 0.1) is 16.5 Å². The number of nitrogens with one attached hydrogen (secondary N) is 2. The van der Waals surface area contributed by atoms with E-state index in [0.29, 0.717) is 4.90 Å². The van der Waals surface area contributed by atoms with Crippen molar-refractivity contribution in [3.05, 3.63) is 48.0 Å². The van der Waals surface area contributed by atoms with Crippen molar-refractivity contribution in [1.82, 2.24) is 0 Å². The quantitative estimate of drug-likeness (QED) is 0.641. The van der Waals surface area contributed by atoms with E-state index in [1.807, 2.05) is 0 Å². The van der Waals surface area contributed by atoms with Crippen LogP contribution in [-0.4, -0.2) is 23.4 Å². The van der Waals surface area contributed by atoms with Gasteiger partial charge in [0.1, 0.15) is 5.75 Å². The van der Waals surface area contributed by atoms with Crippen LogP contribution in [0.15, 0.2) is 47.4 Å². The Labute approximate surface area is 169 Å². The highest BCUT2D eigenvalue weighted by molar-refractivity contribution is 8.01. The van der Waals surface area contributed by atoms with Gasteiger partial charge >= 0.3 is 12.5 Å². The maximum atomic E-state index is 12.8. The van der Waals surface area contributed by atoms with Gasteiger partial charge in [0, 0.05) is 17.0 Å². The van der Waals surface area contributed by atoms with Crippen LogP contribution in [0.3, 0.4) is 0 Å². The minimum absolute atomic E-state index is 0.0109. The van der Waals surface area contributed by atoms with E-state index in [-0.39, 0.29) is 17.8 Å². The molecule has 2 aromatic rings. The molecule has 0 saturated heterocycles. The summed E-state index contributed by atoms with van der Waals surface area (Å²) in [6, 6.07) is 7.33. The van der Waals surface area contributed by atoms with Crippen molar-refractivity contribution in [3.8, 4) is 5.75 Å². The SMILES string of the molecule is O=C(CC1Sc2ccc(C(F)(F)F)cc2NC1=O)Nc1ccc(OC(F)(F)F)cc1. The predicted octanol–water partition coefficient (Wildman–Crippen LogP) is 5.05. The number of amides is 2. The molecule has 1 aliphatic heterocycles. The van der Waals surface area contributed by atoms with Gasteiger partial charge in [-0.15, -0.1) is 24.9 Å². The number of alkyl halides is 6. The van der Waals surface area contributed by atoms with E-state index in [2.05, 4.69) is 15.4 Å². The molecule has 2 N–H and O–H groups in total. The van der Waals surface area contributed by atoms with Crippen molar-refractivity contribution in [3.63, 3.8) is 0 Å². The molecule has 2 amide bonds. The zero-order valence-corrected chi connectivity index (χ0v) is 15.5. The molecular formula is C18H12F6N2O3S. The third kappa shape index (κ3) is 5.59. The van der Waals surface area contributed by atoms with Crippen LogP contribution in [-0.2, 0) is 15.8 Å². The molecule has 1 atom stereocenters. The molecule has 0 aliphatic carbocycles. The standard InChI is InChI=1S/C18H12F6N2O3S/c19-17(20,21)9-1-6-13-12(7-9)26-16(28)14(30-13)8-15(27)25-10-2-4-11(5-3-10)29-18(22,23)24/h1-7,14H,8H2,(H,25,27)(H,26,28). The number of thioether (sulfide) groups is 1. The second-order valence-corrected chi connectivity index (χ2v) is 7.37. The minimum atomic E-state index is -4.84. The van der Waals surface area contributed by atoms with E-state index in [0.717, 1.165) is 36.0 Å². The molecule has 3 rings (SSSR count). The van der Waals surface area contributed by atoms with Gasteiger partial charge in [-0.05, 0) is 42.5 Å². The molecule has 1 unspecified atom stereocenters. The summed E-state index contributed by atoms with van der Waals surface area (Å²) in [5.74, 6) is -1.68. The first kappa shape index (κ1) is 21.8. The number of fused-ring (bicyclic) bond motifs is 1. The van der Waals surface area contributed by atoms with Gasteiger partial charge in [0.2, 0.25) is 11.8 Å². The largest absolute Gasteiger partial charge is 0.573 e. The van der Waals surface area contributed by atoms with Crippen molar-refractivity contribution < 1.29 is 40.7 Å². The van der Waals surface area contributed by atoms with Gasteiger partial charge in [-0.1, -0.05) is 0 Å². The van der Waals surface area contributed by atoms with Crippen LogP contribution in [0.2, 0.25) is 0 Å². The summed E-state index contributed by atoms with van der Waals surface area (Å²) >= 11 is 0.947. The van der Waals surface area contributed by atoms with Crippen LogP contribution < -0.4 is 15.4 Å². The molecule has 0 spiro atoms. The summed E-state index contributed by atoms with van der Waals surface area (Å²) in [7, 11) is 0. The van der Waals surface area contributed by atoms with Crippen molar-refractivity contribution >= 4 is 35.0 Å². The first-order valence-electron chi connectivity index (χ1n) is 8.25. The number of ether oxygens (including phenoxy) is 1. The van der Waals surface area contributed by atoms with Crippen LogP contribution in [0.5, 0.6) is 5.75 Å². The molecule has 160 valence electrons. The second-order valence-electron chi connectivity index (χ2n) is 6.13. The molecule has 30 heavy (non-hydrogen) atoms. The fourth-order valence-electron chi connectivity index (χ4n) is 2.58. The highest BCUT2D eigenvalue weighted by Gasteiger charge is 2.34. The molecule has 1 aliphatic rings. The van der Waals surface area contributed by atoms with Crippen molar-refractivity contribution in [2.24, 2.45) is 0 Å². The van der Waals surface area contributed by atoms with E-state index >= 15 is 0 Å². The Morgan fingerprint density at radius 2 is 1.73 bits per heavy atom. The van der Waals surface area contributed by atoms with Gasteiger partial charge in [0.25, 0.3) is 0 Å². The normalized spacial score (nSPS) is 16.5. The summed E-state index contributed by atoms with van der Waals surface area (Å²) in [6.07, 6.45) is -9.69. The fourth-order valence-corrected chi connectivity index (χ4v) is 3.67. The van der Waals surface area contributed by atoms with Gasteiger partial charge in [0.15, 0.2) is 0 Å². The lowest BCUT2D eigenvalue weighted by molar-refractivity contribution is -0.274. The molecule has 0 bridgehead atoms. The Morgan fingerprint density at radius 1 is 1.07 bits per heavy atom. The summed E-state index contributed by atoms with van der Waals surface area (Å²) in [4.78, 5) is 24.7. The van der Waals surface area contributed by atoms with Gasteiger partial charge in [-0.25, -0.2) is 0 Å². The highest BCUT2D eigenvalue weighted by atomic mass is 32.2. The smallest absolute Gasteiger partial charge is 0.406 e. The van der Waals surface area contributed by atoms with Crippen LogP contribution in [0.1, 0.15) is 12.0 Å². The topological polar surface area (TPSA) is 67.4 Å². The second kappa shape index (κ2) is 8.09. The third-order valence-electron chi connectivity index (χ3n) is 3.87. The molecule has 0 radical (unpaired) electrons. The zero-order chi connectivity index (χ0) is 22.1. The zero-order valence-electron chi connectivity index (χ0n) is 14.7. The molecule has 0 fully saturated rings. The lowest BCUT2D eigenvalue weighted by Gasteiger charge is -2.24. The van der Waals surface area contributed by atoms with Gasteiger partial charge < -0.3 is 15.4 Å². The van der Waals surface area contributed by atoms with Crippen molar-refractivity contribution in [1.29, 1.82) is 0 Å². The van der Waals surface area contributed by atoms with E-state index in [1.165, 1.54) is 18.2 Å². The Kier molecular flexibility index (Phi) is 5.88. The van der Waals surface area contributed by atoms with Gasteiger partial charge in [-0.2, -0.15) is 13.2 Å². The van der Waals surface area contributed by atoms with E-state index in [1.54, 1.807) is 0 Å². The number of rotatable bonds is 4. The van der Waals surface area contributed by atoms with E-state index in [9.17, 15) is 35.9 Å². The third-order valence-corrected chi connectivity index (χ3v) is 5.14. The number of halogens is 6. The first-order valence-corrected chi connectivity index (χ1v) is 9.13. The number of carbonyl (C=O) groups excluding carboxylic acids is 2. The van der Waals surface area contributed by atoms with Crippen LogP contribution >= 0.6 is 11.8 Å². The first-order chi connectivity index (χ1) is 13.9. The van der Waals surface area contributed by atoms with Crippen LogP contribution in [0, 0.1) is 0 Å². The van der Waals surface area contributed by atoms with Crippen LogP contribution in [0.4, 0.5) is 37.7 Å². The summed E-state index contributed by atoms with van der Waals surface area (Å²) in [6.45, 7) is 0. The maximum absolute atomic E-state index is 12.8. The number of carbonyl (C=O) groups is 2. The molecule has 0 saturated carbocycles. The summed E-state index contributed by atoms with van der Waals surface area (Å²) in [5, 5.41) is 3.91. The molecule has 2 aromatic carbocycles. The maximum Gasteiger partial charge on any atom is 0.573 e. The molecule has 5 nitrogen and oxygen atoms in total. The fraction of sp³-hybridized carbons (Fsp3) is 0.222. The molecule has 1 heterocycles. The lowest BCUT2D eigenvalue weighted by atomic mass is 10.1. The van der Waals surface area contributed by atoms with Crippen molar-refractivity contribution in [2.75, 3.05) is 10.6 Å². The highest BCUT2D eigenvalue weighted by Crippen LogP contribution is 2.40. The monoisotopic (exact) mass is 450 g/mol. The molecule has 0 aromatic heterocycles. The van der Waals surface area contributed by atoms with Crippen molar-refractivity contribution in [2.45, 2.75) is 29.1 Å². The minimum Gasteiger partial charge on any atom is -0.406 e. The Hall–Kier alpha value is -2.89. The van der Waals surface area contributed by atoms with E-state index < -0.39 is 40.9 Å². The Bertz CT molecular complexity index is 960.